The summed E-state index contributed by atoms with van der Waals surface area (Å²) in [5.41, 5.74) is 0. The molecule has 0 nitrogen and oxygen atoms in total. The number of rotatable bonds is 7. The van der Waals surface area contributed by atoms with Gasteiger partial charge in [0.1, 0.15) is 0 Å². The quantitative estimate of drug-likeness (QED) is 0.460. The Hall–Kier alpha value is -0.840. The summed E-state index contributed by atoms with van der Waals surface area (Å²) in [6, 6.07) is 21.9. The summed E-state index contributed by atoms with van der Waals surface area (Å²) < 4.78 is 0. The molecule has 1 unspecified atom stereocenters. The van der Waals surface area contributed by atoms with E-state index in [1.54, 1.807) is 0 Å². The second-order valence-electron chi connectivity index (χ2n) is 6.64. The Kier molecular flexibility index (Phi) is 6.48. The van der Waals surface area contributed by atoms with Gasteiger partial charge < -0.3 is 0 Å². The highest BCUT2D eigenvalue weighted by molar-refractivity contribution is 7.73. The number of hydrogen-bond donors (Lipinski definition) is 0. The molecule has 2 rings (SSSR count). The van der Waals surface area contributed by atoms with E-state index in [1.807, 2.05) is 0 Å². The van der Waals surface area contributed by atoms with Crippen LogP contribution in [-0.2, 0) is 0 Å². The molecule has 22 heavy (non-hydrogen) atoms. The molecule has 0 aliphatic carbocycles. The molecule has 2 aromatic rings. The standard InChI is InChI=1S/C20H26ClP/c1-17(16-20(2,3)21)14-15-22(18-10-6-4-7-11-18)19-12-8-5-9-13-19/h4-13,17H,14-16H2,1-3H3. The summed E-state index contributed by atoms with van der Waals surface area (Å²) in [7, 11) is -0.268. The summed E-state index contributed by atoms with van der Waals surface area (Å²) in [5, 5.41) is 2.95. The predicted octanol–water partition coefficient (Wildman–Crippen LogP) is 5.55. The van der Waals surface area contributed by atoms with Gasteiger partial charge in [0.05, 0.1) is 0 Å². The van der Waals surface area contributed by atoms with Crippen LogP contribution in [0.25, 0.3) is 0 Å². The first-order valence-corrected chi connectivity index (χ1v) is 9.93. The van der Waals surface area contributed by atoms with Crippen molar-refractivity contribution in [2.75, 3.05) is 6.16 Å². The summed E-state index contributed by atoms with van der Waals surface area (Å²) in [4.78, 5) is -0.0956. The molecule has 0 radical (unpaired) electrons. The molecule has 0 fully saturated rings. The van der Waals surface area contributed by atoms with E-state index in [4.69, 9.17) is 11.6 Å². The Balaban J connectivity index is 2.10. The van der Waals surface area contributed by atoms with Crippen LogP contribution in [0.1, 0.15) is 33.6 Å². The molecule has 0 heterocycles. The van der Waals surface area contributed by atoms with Crippen LogP contribution in [0, 0.1) is 5.92 Å². The monoisotopic (exact) mass is 332 g/mol. The molecule has 0 bridgehead atoms. The van der Waals surface area contributed by atoms with Gasteiger partial charge in [-0.1, -0.05) is 67.6 Å². The molecule has 0 amide bonds. The van der Waals surface area contributed by atoms with Crippen LogP contribution in [0.15, 0.2) is 60.7 Å². The van der Waals surface area contributed by atoms with Crippen molar-refractivity contribution in [3.8, 4) is 0 Å². The van der Waals surface area contributed by atoms with Crippen LogP contribution in [0.4, 0.5) is 0 Å². The average Bonchev–Trinajstić information content (AvgIpc) is 2.48. The molecule has 0 aromatic heterocycles. The topological polar surface area (TPSA) is 0 Å². The third-order valence-electron chi connectivity index (χ3n) is 3.82. The van der Waals surface area contributed by atoms with E-state index in [-0.39, 0.29) is 12.8 Å². The van der Waals surface area contributed by atoms with Gasteiger partial charge >= 0.3 is 0 Å². The Morgan fingerprint density at radius 2 is 1.36 bits per heavy atom. The van der Waals surface area contributed by atoms with Gasteiger partial charge in [0.25, 0.3) is 0 Å². The lowest BCUT2D eigenvalue weighted by molar-refractivity contribution is 0.452. The van der Waals surface area contributed by atoms with Crippen LogP contribution < -0.4 is 10.6 Å². The van der Waals surface area contributed by atoms with Gasteiger partial charge in [-0.2, -0.15) is 0 Å². The van der Waals surface area contributed by atoms with Gasteiger partial charge in [-0.25, -0.2) is 0 Å². The lowest BCUT2D eigenvalue weighted by Gasteiger charge is -2.24. The summed E-state index contributed by atoms with van der Waals surface area (Å²) in [5.74, 6) is 0.657. The van der Waals surface area contributed by atoms with Crippen LogP contribution in [0.3, 0.4) is 0 Å². The minimum atomic E-state index is -0.268. The first-order chi connectivity index (χ1) is 10.5. The van der Waals surface area contributed by atoms with Crippen molar-refractivity contribution in [2.24, 2.45) is 5.92 Å². The summed E-state index contributed by atoms with van der Waals surface area (Å²) >= 11 is 6.38. The third-order valence-corrected chi connectivity index (χ3v) is 6.52. The number of benzene rings is 2. The van der Waals surface area contributed by atoms with Crippen molar-refractivity contribution in [1.82, 2.24) is 0 Å². The number of alkyl halides is 1. The smallest absolute Gasteiger partial charge is 0.0393 e. The van der Waals surface area contributed by atoms with Crippen molar-refractivity contribution >= 4 is 30.1 Å². The summed E-state index contributed by atoms with van der Waals surface area (Å²) in [6.45, 7) is 6.55. The normalized spacial score (nSPS) is 13.3. The fourth-order valence-electron chi connectivity index (χ4n) is 2.90. The Morgan fingerprint density at radius 1 is 0.909 bits per heavy atom. The Labute approximate surface area is 141 Å². The zero-order chi connectivity index (χ0) is 16.0. The molecule has 0 saturated heterocycles. The second-order valence-corrected chi connectivity index (χ2v) is 10.00. The van der Waals surface area contributed by atoms with Crippen molar-refractivity contribution in [2.45, 2.75) is 38.5 Å². The number of halogens is 1. The van der Waals surface area contributed by atoms with Crippen LogP contribution in [-0.4, -0.2) is 11.0 Å². The second kappa shape index (κ2) is 8.14. The van der Waals surface area contributed by atoms with E-state index in [0.29, 0.717) is 5.92 Å². The van der Waals surface area contributed by atoms with Gasteiger partial charge in [0.15, 0.2) is 0 Å². The van der Waals surface area contributed by atoms with E-state index in [1.165, 1.54) is 23.2 Å². The van der Waals surface area contributed by atoms with Crippen molar-refractivity contribution in [1.29, 1.82) is 0 Å². The van der Waals surface area contributed by atoms with Gasteiger partial charge in [0.2, 0.25) is 0 Å². The van der Waals surface area contributed by atoms with Crippen LogP contribution in [0.2, 0.25) is 0 Å². The van der Waals surface area contributed by atoms with E-state index in [9.17, 15) is 0 Å². The molecule has 0 aliphatic rings. The minimum Gasteiger partial charge on any atom is -0.120 e. The molecule has 118 valence electrons. The fraction of sp³-hybridized carbons (Fsp3) is 0.400. The van der Waals surface area contributed by atoms with Crippen molar-refractivity contribution in [3.63, 3.8) is 0 Å². The highest BCUT2D eigenvalue weighted by Gasteiger charge is 2.20. The van der Waals surface area contributed by atoms with Crippen LogP contribution >= 0.6 is 19.5 Å². The molecule has 2 aromatic carbocycles. The maximum absolute atomic E-state index is 6.38. The fourth-order valence-corrected chi connectivity index (χ4v) is 5.74. The largest absolute Gasteiger partial charge is 0.120 e. The molecule has 0 aliphatic heterocycles. The lowest BCUT2D eigenvalue weighted by atomic mass is 9.96. The maximum Gasteiger partial charge on any atom is 0.0393 e. The predicted molar refractivity (Wildman–Crippen MR) is 102 cm³/mol. The number of hydrogen-bond acceptors (Lipinski definition) is 0. The van der Waals surface area contributed by atoms with Gasteiger partial charge in [0, 0.05) is 4.87 Å². The van der Waals surface area contributed by atoms with E-state index >= 15 is 0 Å². The van der Waals surface area contributed by atoms with Gasteiger partial charge in [-0.05, 0) is 57.3 Å². The van der Waals surface area contributed by atoms with Gasteiger partial charge in [-0.3, -0.25) is 0 Å². The molecule has 0 N–H and O–H groups in total. The first kappa shape index (κ1) is 17.5. The zero-order valence-corrected chi connectivity index (χ0v) is 15.4. The summed E-state index contributed by atoms with van der Waals surface area (Å²) in [6.07, 6.45) is 3.53. The Bertz CT molecular complexity index is 505. The molecule has 0 saturated carbocycles. The minimum absolute atomic E-state index is 0.0956. The average molecular weight is 333 g/mol. The third kappa shape index (κ3) is 5.75. The van der Waals surface area contributed by atoms with E-state index in [2.05, 4.69) is 81.4 Å². The Morgan fingerprint density at radius 3 is 1.77 bits per heavy atom. The molecule has 2 heteroatoms. The molecule has 0 spiro atoms. The highest BCUT2D eigenvalue weighted by atomic mass is 35.5. The van der Waals surface area contributed by atoms with Gasteiger partial charge in [-0.15, -0.1) is 11.6 Å². The van der Waals surface area contributed by atoms with E-state index in [0.717, 1.165) is 6.42 Å². The molecular formula is C20H26ClP. The zero-order valence-electron chi connectivity index (χ0n) is 13.8. The molecule has 1 atom stereocenters. The van der Waals surface area contributed by atoms with Crippen molar-refractivity contribution < 1.29 is 0 Å². The van der Waals surface area contributed by atoms with Crippen LogP contribution in [0.5, 0.6) is 0 Å². The lowest BCUT2D eigenvalue weighted by Crippen LogP contribution is -2.18. The molecular weight excluding hydrogens is 307 g/mol. The first-order valence-electron chi connectivity index (χ1n) is 8.02. The van der Waals surface area contributed by atoms with E-state index < -0.39 is 0 Å². The van der Waals surface area contributed by atoms with Crippen molar-refractivity contribution in [3.05, 3.63) is 60.7 Å². The SMILES string of the molecule is CC(CCP(c1ccccc1)c1ccccc1)CC(C)(C)Cl. The maximum atomic E-state index is 6.38. The highest BCUT2D eigenvalue weighted by Crippen LogP contribution is 2.36.